The summed E-state index contributed by atoms with van der Waals surface area (Å²) in [5.41, 5.74) is 1.97. The van der Waals surface area contributed by atoms with Crippen molar-refractivity contribution in [3.8, 4) is 5.75 Å². The highest BCUT2D eigenvalue weighted by Crippen LogP contribution is 2.36. The number of hydrogen-bond donors (Lipinski definition) is 0. The molecule has 0 radical (unpaired) electrons. The summed E-state index contributed by atoms with van der Waals surface area (Å²) in [5, 5.41) is 1.35. The van der Waals surface area contributed by atoms with E-state index in [0.29, 0.717) is 15.6 Å². The molecule has 1 aromatic heterocycles. The third kappa shape index (κ3) is 2.67. The van der Waals surface area contributed by atoms with Gasteiger partial charge in [0.2, 0.25) is 0 Å². The molecular weight excluding hydrogens is 304 g/mol. The van der Waals surface area contributed by atoms with E-state index >= 15 is 0 Å². The molecule has 0 atom stereocenters. The highest BCUT2D eigenvalue weighted by molar-refractivity contribution is 7.21. The Hall–Kier alpha value is -1.84. The third-order valence-electron chi connectivity index (χ3n) is 3.27. The van der Waals surface area contributed by atoms with Gasteiger partial charge in [0.05, 0.1) is 5.02 Å². The van der Waals surface area contributed by atoms with Crippen molar-refractivity contribution in [2.75, 3.05) is 0 Å². The Balaban J connectivity index is 1.97. The van der Waals surface area contributed by atoms with Crippen molar-refractivity contribution >= 4 is 39.0 Å². The zero-order chi connectivity index (χ0) is 15.0. The van der Waals surface area contributed by atoms with E-state index in [1.54, 1.807) is 0 Å². The Morgan fingerprint density at radius 2 is 1.90 bits per heavy atom. The van der Waals surface area contributed by atoms with Crippen LogP contribution < -0.4 is 4.74 Å². The summed E-state index contributed by atoms with van der Waals surface area (Å²) in [4.78, 5) is 12.8. The first-order valence-corrected chi connectivity index (χ1v) is 7.72. The molecule has 0 amide bonds. The quantitative estimate of drug-likeness (QED) is 0.468. The Labute approximate surface area is 131 Å². The zero-order valence-electron chi connectivity index (χ0n) is 11.6. The van der Waals surface area contributed by atoms with E-state index in [1.165, 1.54) is 11.3 Å². The van der Waals surface area contributed by atoms with Gasteiger partial charge in [0.1, 0.15) is 10.6 Å². The van der Waals surface area contributed by atoms with Crippen molar-refractivity contribution in [1.29, 1.82) is 0 Å². The molecule has 0 saturated carbocycles. The van der Waals surface area contributed by atoms with E-state index in [1.807, 2.05) is 56.3 Å². The van der Waals surface area contributed by atoms with Gasteiger partial charge in [0.15, 0.2) is 0 Å². The summed E-state index contributed by atoms with van der Waals surface area (Å²) in [6.45, 7) is 3.87. The molecule has 0 unspecified atom stereocenters. The van der Waals surface area contributed by atoms with Crippen LogP contribution in [-0.4, -0.2) is 5.97 Å². The summed E-state index contributed by atoms with van der Waals surface area (Å²) in [7, 11) is 0. The van der Waals surface area contributed by atoms with Crippen LogP contribution in [-0.2, 0) is 0 Å². The molecule has 106 valence electrons. The number of fused-ring (bicyclic) bond motifs is 1. The monoisotopic (exact) mass is 316 g/mol. The average Bonchev–Trinajstić information content (AvgIpc) is 2.81. The van der Waals surface area contributed by atoms with Crippen molar-refractivity contribution in [2.45, 2.75) is 13.8 Å². The van der Waals surface area contributed by atoms with Crippen LogP contribution in [0.15, 0.2) is 42.5 Å². The number of ether oxygens (including phenoxy) is 1. The molecule has 4 heteroatoms. The molecule has 0 fully saturated rings. The van der Waals surface area contributed by atoms with Gasteiger partial charge in [-0.25, -0.2) is 4.79 Å². The Bertz CT molecular complexity index is 836. The van der Waals surface area contributed by atoms with Gasteiger partial charge < -0.3 is 4.74 Å². The van der Waals surface area contributed by atoms with Gasteiger partial charge in [0, 0.05) is 10.1 Å². The third-order valence-corrected chi connectivity index (χ3v) is 4.92. The molecule has 3 rings (SSSR count). The maximum atomic E-state index is 12.4. The first-order chi connectivity index (χ1) is 10.1. The fourth-order valence-electron chi connectivity index (χ4n) is 2.11. The Kier molecular flexibility index (Phi) is 3.70. The lowest BCUT2D eigenvalue weighted by Gasteiger charge is -2.07. The number of hydrogen-bond acceptors (Lipinski definition) is 3. The van der Waals surface area contributed by atoms with Crippen LogP contribution >= 0.6 is 22.9 Å². The molecule has 0 saturated heterocycles. The van der Waals surface area contributed by atoms with Crippen molar-refractivity contribution in [2.24, 2.45) is 0 Å². The fraction of sp³-hybridized carbons (Fsp3) is 0.118. The second kappa shape index (κ2) is 5.51. The molecule has 0 spiro atoms. The molecule has 3 aromatic rings. The summed E-state index contributed by atoms with van der Waals surface area (Å²) in [6, 6.07) is 13.5. The van der Waals surface area contributed by atoms with E-state index in [0.717, 1.165) is 21.2 Å². The van der Waals surface area contributed by atoms with Crippen molar-refractivity contribution in [3.05, 3.63) is 63.5 Å². The predicted molar refractivity (Wildman–Crippen MR) is 87.7 cm³/mol. The normalized spacial score (nSPS) is 10.8. The molecule has 0 aliphatic carbocycles. The minimum absolute atomic E-state index is 0.408. The molecule has 2 aromatic carbocycles. The van der Waals surface area contributed by atoms with E-state index < -0.39 is 5.97 Å². The van der Waals surface area contributed by atoms with Gasteiger partial charge in [-0.3, -0.25) is 0 Å². The van der Waals surface area contributed by atoms with Crippen LogP contribution in [0.5, 0.6) is 5.75 Å². The number of halogens is 1. The first kappa shape index (κ1) is 14.1. The van der Waals surface area contributed by atoms with Gasteiger partial charge >= 0.3 is 5.97 Å². The highest BCUT2D eigenvalue weighted by atomic mass is 35.5. The molecule has 0 bridgehead atoms. The van der Waals surface area contributed by atoms with Crippen LogP contribution in [0.3, 0.4) is 0 Å². The maximum absolute atomic E-state index is 12.4. The molecule has 0 aliphatic heterocycles. The second-order valence-electron chi connectivity index (χ2n) is 4.90. The molecule has 0 aliphatic rings. The number of carbonyl (C=O) groups is 1. The largest absolute Gasteiger partial charge is 0.422 e. The number of rotatable bonds is 2. The van der Waals surface area contributed by atoms with Gasteiger partial charge in [0.25, 0.3) is 0 Å². The summed E-state index contributed by atoms with van der Waals surface area (Å²) in [5.74, 6) is 0.170. The van der Waals surface area contributed by atoms with E-state index in [4.69, 9.17) is 16.3 Å². The lowest BCUT2D eigenvalue weighted by molar-refractivity contribution is 0.0739. The lowest BCUT2D eigenvalue weighted by Crippen LogP contribution is -2.08. The van der Waals surface area contributed by atoms with Crippen molar-refractivity contribution < 1.29 is 9.53 Å². The Morgan fingerprint density at radius 1 is 1.14 bits per heavy atom. The summed E-state index contributed by atoms with van der Waals surface area (Å²) >= 11 is 7.65. The van der Waals surface area contributed by atoms with Gasteiger partial charge in [-0.05, 0) is 37.1 Å². The zero-order valence-corrected chi connectivity index (χ0v) is 13.2. The SMILES string of the molecule is Cc1ccc(C)c(OC(=O)c2sc3ccccc3c2Cl)c1. The molecular formula is C17H13ClO2S. The number of esters is 1. The van der Waals surface area contributed by atoms with E-state index in [9.17, 15) is 4.79 Å². The number of thiophene rings is 1. The smallest absolute Gasteiger partial charge is 0.355 e. The van der Waals surface area contributed by atoms with Gasteiger partial charge in [-0.2, -0.15) is 0 Å². The fourth-order valence-corrected chi connectivity index (χ4v) is 3.49. The maximum Gasteiger partial charge on any atom is 0.355 e. The van der Waals surface area contributed by atoms with Gasteiger partial charge in [-0.15, -0.1) is 11.3 Å². The van der Waals surface area contributed by atoms with Crippen molar-refractivity contribution in [1.82, 2.24) is 0 Å². The number of carbonyl (C=O) groups excluding carboxylic acids is 1. The number of aryl methyl sites for hydroxylation is 2. The Morgan fingerprint density at radius 3 is 2.67 bits per heavy atom. The van der Waals surface area contributed by atoms with Crippen LogP contribution in [0, 0.1) is 13.8 Å². The second-order valence-corrected chi connectivity index (χ2v) is 6.33. The summed E-state index contributed by atoms with van der Waals surface area (Å²) in [6.07, 6.45) is 0. The van der Waals surface area contributed by atoms with Crippen LogP contribution in [0.25, 0.3) is 10.1 Å². The van der Waals surface area contributed by atoms with Crippen LogP contribution in [0.2, 0.25) is 5.02 Å². The summed E-state index contributed by atoms with van der Waals surface area (Å²) < 4.78 is 6.49. The molecule has 1 heterocycles. The van der Waals surface area contributed by atoms with Gasteiger partial charge in [-0.1, -0.05) is 41.9 Å². The average molecular weight is 317 g/mol. The first-order valence-electron chi connectivity index (χ1n) is 6.52. The topological polar surface area (TPSA) is 26.3 Å². The molecule has 2 nitrogen and oxygen atoms in total. The highest BCUT2D eigenvalue weighted by Gasteiger charge is 2.19. The minimum atomic E-state index is -0.408. The predicted octanol–water partition coefficient (Wildman–Crippen LogP) is 5.39. The number of benzene rings is 2. The molecule has 21 heavy (non-hydrogen) atoms. The van der Waals surface area contributed by atoms with Crippen LogP contribution in [0.4, 0.5) is 0 Å². The van der Waals surface area contributed by atoms with E-state index in [2.05, 4.69) is 0 Å². The van der Waals surface area contributed by atoms with E-state index in [-0.39, 0.29) is 0 Å². The standard InChI is InChI=1S/C17H13ClO2S/c1-10-7-8-11(2)13(9-10)20-17(19)16-15(18)12-5-3-4-6-14(12)21-16/h3-9H,1-2H3. The van der Waals surface area contributed by atoms with Crippen molar-refractivity contribution in [3.63, 3.8) is 0 Å². The minimum Gasteiger partial charge on any atom is -0.422 e. The molecule has 0 N–H and O–H groups in total. The lowest BCUT2D eigenvalue weighted by atomic mass is 10.1. The van der Waals surface area contributed by atoms with Crippen LogP contribution in [0.1, 0.15) is 20.8 Å².